The summed E-state index contributed by atoms with van der Waals surface area (Å²) in [6.07, 6.45) is 3.12. The molecule has 3 N–H and O–H groups in total. The summed E-state index contributed by atoms with van der Waals surface area (Å²) in [5, 5.41) is 3.46. The van der Waals surface area contributed by atoms with Gasteiger partial charge in [-0.05, 0) is 18.3 Å². The van der Waals surface area contributed by atoms with Crippen LogP contribution in [0.2, 0.25) is 5.02 Å². The van der Waals surface area contributed by atoms with E-state index in [9.17, 15) is 0 Å². The maximum absolute atomic E-state index is 5.64. The number of hydrogen-bond donors (Lipinski definition) is 2. The lowest BCUT2D eigenvalue weighted by atomic mass is 10.4. The first-order chi connectivity index (χ1) is 5.18. The zero-order chi connectivity index (χ0) is 8.27. The van der Waals surface area contributed by atoms with Crippen molar-refractivity contribution in [3.8, 4) is 0 Å². The molecule has 0 aliphatic rings. The Labute approximate surface area is 74.6 Å². The van der Waals surface area contributed by atoms with Crippen LogP contribution in [0.1, 0.15) is 0 Å². The van der Waals surface area contributed by atoms with Gasteiger partial charge in [-0.25, -0.2) is 0 Å². The van der Waals surface area contributed by atoms with Crippen molar-refractivity contribution in [3.63, 3.8) is 0 Å². The number of pyridine rings is 1. The molecule has 0 aliphatic heterocycles. The van der Waals surface area contributed by atoms with Crippen molar-refractivity contribution in [1.29, 1.82) is 0 Å². The van der Waals surface area contributed by atoms with Crippen LogP contribution in [0.5, 0.6) is 0 Å². The van der Waals surface area contributed by atoms with Gasteiger partial charge in [0.25, 0.3) is 0 Å². The molecular formula is C6H6ClN3S. The second-order valence-corrected chi connectivity index (χ2v) is 2.76. The van der Waals surface area contributed by atoms with Crippen molar-refractivity contribution in [1.82, 2.24) is 4.98 Å². The Kier molecular flexibility index (Phi) is 2.62. The van der Waals surface area contributed by atoms with E-state index in [-0.39, 0.29) is 5.11 Å². The summed E-state index contributed by atoms with van der Waals surface area (Å²) in [5.74, 6) is 0. The summed E-state index contributed by atoms with van der Waals surface area (Å²) in [5.41, 5.74) is 5.92. The number of hydrogen-bond acceptors (Lipinski definition) is 2. The minimum absolute atomic E-state index is 0.203. The van der Waals surface area contributed by atoms with Crippen molar-refractivity contribution in [2.75, 3.05) is 5.32 Å². The van der Waals surface area contributed by atoms with E-state index >= 15 is 0 Å². The molecule has 0 amide bonds. The highest BCUT2D eigenvalue weighted by molar-refractivity contribution is 7.80. The Hall–Kier alpha value is -0.870. The zero-order valence-corrected chi connectivity index (χ0v) is 7.12. The summed E-state index contributed by atoms with van der Waals surface area (Å²) < 4.78 is 0. The van der Waals surface area contributed by atoms with Gasteiger partial charge >= 0.3 is 0 Å². The van der Waals surface area contributed by atoms with Gasteiger partial charge in [0.05, 0.1) is 16.9 Å². The molecule has 11 heavy (non-hydrogen) atoms. The molecule has 1 rings (SSSR count). The number of anilines is 1. The molecule has 0 saturated carbocycles. The van der Waals surface area contributed by atoms with Crippen molar-refractivity contribution in [2.45, 2.75) is 0 Å². The van der Waals surface area contributed by atoms with Gasteiger partial charge in [-0.2, -0.15) is 0 Å². The van der Waals surface area contributed by atoms with Crippen molar-refractivity contribution < 1.29 is 0 Å². The van der Waals surface area contributed by atoms with Gasteiger partial charge in [-0.1, -0.05) is 11.6 Å². The Morgan fingerprint density at radius 3 is 2.91 bits per heavy atom. The highest BCUT2D eigenvalue weighted by Gasteiger charge is 1.93. The molecule has 0 unspecified atom stereocenters. The van der Waals surface area contributed by atoms with E-state index in [4.69, 9.17) is 17.3 Å². The van der Waals surface area contributed by atoms with E-state index in [2.05, 4.69) is 22.5 Å². The van der Waals surface area contributed by atoms with Crippen LogP contribution in [0.25, 0.3) is 0 Å². The van der Waals surface area contributed by atoms with E-state index in [0.29, 0.717) is 10.7 Å². The fraction of sp³-hybridized carbons (Fsp3) is 0. The maximum Gasteiger partial charge on any atom is 0.168 e. The van der Waals surface area contributed by atoms with Gasteiger partial charge in [0.15, 0.2) is 5.11 Å². The first kappa shape index (κ1) is 8.23. The van der Waals surface area contributed by atoms with Crippen LogP contribution < -0.4 is 11.1 Å². The molecule has 58 valence electrons. The summed E-state index contributed by atoms with van der Waals surface area (Å²) in [4.78, 5) is 3.83. The summed E-state index contributed by atoms with van der Waals surface area (Å²) in [7, 11) is 0. The minimum atomic E-state index is 0.203. The lowest BCUT2D eigenvalue weighted by Crippen LogP contribution is -2.18. The molecule has 0 atom stereocenters. The number of halogens is 1. The van der Waals surface area contributed by atoms with Gasteiger partial charge in [-0.15, -0.1) is 0 Å². The molecule has 0 saturated heterocycles. The van der Waals surface area contributed by atoms with Gasteiger partial charge in [0, 0.05) is 6.20 Å². The lowest BCUT2D eigenvalue weighted by Gasteiger charge is -2.01. The van der Waals surface area contributed by atoms with Crippen LogP contribution in [-0.4, -0.2) is 10.1 Å². The van der Waals surface area contributed by atoms with Crippen LogP contribution in [0, 0.1) is 0 Å². The van der Waals surface area contributed by atoms with Crippen molar-refractivity contribution >= 4 is 34.6 Å². The SMILES string of the molecule is NC(=S)Nc1cncc(Cl)c1. The smallest absolute Gasteiger partial charge is 0.168 e. The molecule has 3 nitrogen and oxygen atoms in total. The molecule has 0 bridgehead atoms. The Balaban J connectivity index is 2.79. The Bertz CT molecular complexity index is 276. The number of rotatable bonds is 1. The average molecular weight is 188 g/mol. The quantitative estimate of drug-likeness (QED) is 0.653. The molecule has 5 heteroatoms. The normalized spacial score (nSPS) is 9.18. The monoisotopic (exact) mass is 187 g/mol. The Morgan fingerprint density at radius 2 is 2.36 bits per heavy atom. The van der Waals surface area contributed by atoms with Crippen LogP contribution >= 0.6 is 23.8 Å². The highest BCUT2D eigenvalue weighted by atomic mass is 35.5. The van der Waals surface area contributed by atoms with E-state index in [1.165, 1.54) is 6.20 Å². The van der Waals surface area contributed by atoms with Gasteiger partial charge in [-0.3, -0.25) is 4.98 Å². The standard InChI is InChI=1S/C6H6ClN3S/c7-4-1-5(3-9-2-4)10-6(8)11/h1-3H,(H3,8,10,11). The van der Waals surface area contributed by atoms with Crippen molar-refractivity contribution in [2.24, 2.45) is 5.73 Å². The largest absolute Gasteiger partial charge is 0.376 e. The minimum Gasteiger partial charge on any atom is -0.376 e. The molecule has 0 aromatic carbocycles. The van der Waals surface area contributed by atoms with E-state index in [1.54, 1.807) is 12.3 Å². The average Bonchev–Trinajstić information content (AvgIpc) is 1.85. The number of aromatic nitrogens is 1. The molecule has 1 heterocycles. The first-order valence-corrected chi connectivity index (χ1v) is 3.64. The third kappa shape index (κ3) is 2.69. The number of nitrogens with two attached hydrogens (primary N) is 1. The molecule has 0 aliphatic carbocycles. The fourth-order valence-electron chi connectivity index (χ4n) is 0.622. The Morgan fingerprint density at radius 1 is 1.64 bits per heavy atom. The first-order valence-electron chi connectivity index (χ1n) is 2.85. The second kappa shape index (κ2) is 3.50. The van der Waals surface area contributed by atoms with Crippen LogP contribution in [0.15, 0.2) is 18.5 Å². The third-order valence-electron chi connectivity index (χ3n) is 0.972. The summed E-state index contributed by atoms with van der Waals surface area (Å²) >= 11 is 10.3. The second-order valence-electron chi connectivity index (χ2n) is 1.88. The summed E-state index contributed by atoms with van der Waals surface area (Å²) in [6, 6.07) is 1.69. The van der Waals surface area contributed by atoms with E-state index < -0.39 is 0 Å². The maximum atomic E-state index is 5.64. The predicted octanol–water partition coefficient (Wildman–Crippen LogP) is 1.39. The van der Waals surface area contributed by atoms with Gasteiger partial charge in [0.1, 0.15) is 0 Å². The molecule has 0 radical (unpaired) electrons. The van der Waals surface area contributed by atoms with Crippen LogP contribution in [0.3, 0.4) is 0 Å². The van der Waals surface area contributed by atoms with E-state index in [1.807, 2.05) is 0 Å². The topological polar surface area (TPSA) is 50.9 Å². The summed E-state index contributed by atoms with van der Waals surface area (Å²) in [6.45, 7) is 0. The molecule has 0 fully saturated rings. The number of nitrogens with one attached hydrogen (secondary N) is 1. The van der Waals surface area contributed by atoms with Crippen LogP contribution in [-0.2, 0) is 0 Å². The van der Waals surface area contributed by atoms with Gasteiger partial charge in [0.2, 0.25) is 0 Å². The predicted molar refractivity (Wildman–Crippen MR) is 49.7 cm³/mol. The number of thiocarbonyl (C=S) groups is 1. The lowest BCUT2D eigenvalue weighted by molar-refractivity contribution is 1.33. The van der Waals surface area contributed by atoms with Crippen LogP contribution in [0.4, 0.5) is 5.69 Å². The van der Waals surface area contributed by atoms with E-state index in [0.717, 1.165) is 0 Å². The molecular weight excluding hydrogens is 182 g/mol. The third-order valence-corrected chi connectivity index (χ3v) is 1.28. The molecule has 0 spiro atoms. The fourth-order valence-corrected chi connectivity index (χ4v) is 0.914. The van der Waals surface area contributed by atoms with Crippen molar-refractivity contribution in [3.05, 3.63) is 23.5 Å². The van der Waals surface area contributed by atoms with Gasteiger partial charge < -0.3 is 11.1 Å². The highest BCUT2D eigenvalue weighted by Crippen LogP contribution is 2.11. The molecule has 1 aromatic rings. The number of nitrogens with zero attached hydrogens (tertiary/aromatic N) is 1. The molecule has 1 aromatic heterocycles. The zero-order valence-electron chi connectivity index (χ0n) is 5.54.